The molecule has 3 heteroatoms. The maximum absolute atomic E-state index is 6.03. The summed E-state index contributed by atoms with van der Waals surface area (Å²) in [4.78, 5) is 0. The SMILES string of the molecule is CCCC(N)c1cc(-c2ccccc2CC)no1. The van der Waals surface area contributed by atoms with E-state index in [1.54, 1.807) is 0 Å². The van der Waals surface area contributed by atoms with Crippen molar-refractivity contribution in [1.29, 1.82) is 0 Å². The van der Waals surface area contributed by atoms with E-state index in [1.165, 1.54) is 5.56 Å². The van der Waals surface area contributed by atoms with Gasteiger partial charge in [0, 0.05) is 11.6 Å². The molecule has 0 spiro atoms. The van der Waals surface area contributed by atoms with E-state index in [0.29, 0.717) is 0 Å². The van der Waals surface area contributed by atoms with Gasteiger partial charge in [-0.3, -0.25) is 0 Å². The average molecular weight is 244 g/mol. The highest BCUT2D eigenvalue weighted by Crippen LogP contribution is 2.26. The van der Waals surface area contributed by atoms with Gasteiger partial charge in [0.05, 0.1) is 6.04 Å². The molecule has 0 saturated carbocycles. The normalized spacial score (nSPS) is 12.6. The Morgan fingerprint density at radius 1 is 1.28 bits per heavy atom. The van der Waals surface area contributed by atoms with E-state index in [0.717, 1.165) is 36.3 Å². The second kappa shape index (κ2) is 5.83. The van der Waals surface area contributed by atoms with Crippen molar-refractivity contribution in [2.24, 2.45) is 5.73 Å². The van der Waals surface area contributed by atoms with Crippen LogP contribution in [-0.4, -0.2) is 5.16 Å². The summed E-state index contributed by atoms with van der Waals surface area (Å²) < 4.78 is 5.36. The van der Waals surface area contributed by atoms with Crippen LogP contribution in [0.25, 0.3) is 11.3 Å². The van der Waals surface area contributed by atoms with Gasteiger partial charge in [0.25, 0.3) is 0 Å². The average Bonchev–Trinajstić information content (AvgIpc) is 2.88. The van der Waals surface area contributed by atoms with E-state index >= 15 is 0 Å². The highest BCUT2D eigenvalue weighted by molar-refractivity contribution is 5.63. The number of nitrogens with two attached hydrogens (primary N) is 1. The number of nitrogens with zero attached hydrogens (tertiary/aromatic N) is 1. The van der Waals surface area contributed by atoms with E-state index < -0.39 is 0 Å². The van der Waals surface area contributed by atoms with E-state index in [2.05, 4.69) is 31.1 Å². The summed E-state index contributed by atoms with van der Waals surface area (Å²) >= 11 is 0. The molecule has 1 aromatic heterocycles. The van der Waals surface area contributed by atoms with Crippen LogP contribution in [0.1, 0.15) is 44.1 Å². The fourth-order valence-electron chi connectivity index (χ4n) is 2.12. The predicted octanol–water partition coefficient (Wildman–Crippen LogP) is 3.70. The van der Waals surface area contributed by atoms with Crippen LogP contribution in [0.4, 0.5) is 0 Å². The summed E-state index contributed by atoms with van der Waals surface area (Å²) in [6, 6.07) is 10.2. The first kappa shape index (κ1) is 12.8. The Labute approximate surface area is 108 Å². The zero-order valence-corrected chi connectivity index (χ0v) is 11.0. The number of aromatic nitrogens is 1. The number of benzene rings is 1. The molecule has 0 radical (unpaired) electrons. The van der Waals surface area contributed by atoms with Crippen molar-refractivity contribution in [2.75, 3.05) is 0 Å². The van der Waals surface area contributed by atoms with Gasteiger partial charge >= 0.3 is 0 Å². The van der Waals surface area contributed by atoms with Crippen LogP contribution in [0.2, 0.25) is 0 Å². The quantitative estimate of drug-likeness (QED) is 0.872. The predicted molar refractivity (Wildman–Crippen MR) is 73.2 cm³/mol. The Morgan fingerprint density at radius 3 is 2.78 bits per heavy atom. The monoisotopic (exact) mass is 244 g/mol. The molecule has 18 heavy (non-hydrogen) atoms. The van der Waals surface area contributed by atoms with Crippen molar-refractivity contribution in [3.05, 3.63) is 41.7 Å². The van der Waals surface area contributed by atoms with Crippen molar-refractivity contribution in [2.45, 2.75) is 39.2 Å². The summed E-state index contributed by atoms with van der Waals surface area (Å²) in [5.74, 6) is 0.776. The Morgan fingerprint density at radius 2 is 2.06 bits per heavy atom. The van der Waals surface area contributed by atoms with Gasteiger partial charge in [-0.1, -0.05) is 49.7 Å². The Bertz CT molecular complexity index is 505. The van der Waals surface area contributed by atoms with Crippen LogP contribution in [0.3, 0.4) is 0 Å². The molecule has 0 aliphatic carbocycles. The zero-order valence-electron chi connectivity index (χ0n) is 11.0. The van der Waals surface area contributed by atoms with Gasteiger partial charge in [-0.2, -0.15) is 0 Å². The molecule has 0 bridgehead atoms. The summed E-state index contributed by atoms with van der Waals surface area (Å²) in [7, 11) is 0. The van der Waals surface area contributed by atoms with Gasteiger partial charge < -0.3 is 10.3 Å². The van der Waals surface area contributed by atoms with Crippen molar-refractivity contribution in [3.8, 4) is 11.3 Å². The minimum Gasteiger partial charge on any atom is -0.359 e. The van der Waals surface area contributed by atoms with Gasteiger partial charge in [0.2, 0.25) is 0 Å². The van der Waals surface area contributed by atoms with Gasteiger partial charge in [-0.15, -0.1) is 0 Å². The first-order valence-electron chi connectivity index (χ1n) is 6.56. The molecular weight excluding hydrogens is 224 g/mol. The van der Waals surface area contributed by atoms with Gasteiger partial charge in [-0.25, -0.2) is 0 Å². The summed E-state index contributed by atoms with van der Waals surface area (Å²) in [5.41, 5.74) is 9.33. The van der Waals surface area contributed by atoms with Crippen LogP contribution in [-0.2, 0) is 6.42 Å². The van der Waals surface area contributed by atoms with Crippen molar-refractivity contribution < 1.29 is 4.52 Å². The summed E-state index contributed by atoms with van der Waals surface area (Å²) in [6.45, 7) is 4.26. The number of hydrogen-bond donors (Lipinski definition) is 1. The molecule has 96 valence electrons. The lowest BCUT2D eigenvalue weighted by atomic mass is 10.0. The maximum atomic E-state index is 6.03. The van der Waals surface area contributed by atoms with Crippen LogP contribution in [0.5, 0.6) is 0 Å². The molecule has 0 aliphatic rings. The number of hydrogen-bond acceptors (Lipinski definition) is 3. The van der Waals surface area contributed by atoms with E-state index in [-0.39, 0.29) is 6.04 Å². The highest BCUT2D eigenvalue weighted by Gasteiger charge is 2.14. The number of aryl methyl sites for hydroxylation is 1. The Hall–Kier alpha value is -1.61. The highest BCUT2D eigenvalue weighted by atomic mass is 16.5. The topological polar surface area (TPSA) is 52.0 Å². The first-order valence-corrected chi connectivity index (χ1v) is 6.56. The third-order valence-corrected chi connectivity index (χ3v) is 3.17. The molecule has 0 fully saturated rings. The van der Waals surface area contributed by atoms with Crippen LogP contribution < -0.4 is 5.73 Å². The molecule has 0 amide bonds. The molecule has 1 unspecified atom stereocenters. The van der Waals surface area contributed by atoms with Gasteiger partial charge in [0.1, 0.15) is 5.69 Å². The van der Waals surface area contributed by atoms with E-state index in [9.17, 15) is 0 Å². The molecule has 0 saturated heterocycles. The minimum absolute atomic E-state index is 0.0509. The molecule has 3 nitrogen and oxygen atoms in total. The Kier molecular flexibility index (Phi) is 4.15. The van der Waals surface area contributed by atoms with Crippen molar-refractivity contribution >= 4 is 0 Å². The molecule has 2 rings (SSSR count). The largest absolute Gasteiger partial charge is 0.359 e. The van der Waals surface area contributed by atoms with E-state index in [1.807, 2.05) is 18.2 Å². The summed E-state index contributed by atoms with van der Waals surface area (Å²) in [5, 5.41) is 4.14. The molecule has 2 aromatic rings. The van der Waals surface area contributed by atoms with Crippen molar-refractivity contribution in [3.63, 3.8) is 0 Å². The fraction of sp³-hybridized carbons (Fsp3) is 0.400. The lowest BCUT2D eigenvalue weighted by Crippen LogP contribution is -2.08. The molecule has 1 heterocycles. The third-order valence-electron chi connectivity index (χ3n) is 3.17. The first-order chi connectivity index (χ1) is 8.76. The summed E-state index contributed by atoms with van der Waals surface area (Å²) in [6.07, 6.45) is 2.95. The second-order valence-corrected chi connectivity index (χ2v) is 4.52. The second-order valence-electron chi connectivity index (χ2n) is 4.52. The minimum atomic E-state index is -0.0509. The van der Waals surface area contributed by atoms with Crippen LogP contribution >= 0.6 is 0 Å². The molecule has 1 atom stereocenters. The maximum Gasteiger partial charge on any atom is 0.154 e. The molecule has 1 aromatic carbocycles. The Balaban J connectivity index is 2.29. The molecular formula is C15H20N2O. The van der Waals surface area contributed by atoms with Gasteiger partial charge in [0.15, 0.2) is 5.76 Å². The van der Waals surface area contributed by atoms with Crippen LogP contribution in [0, 0.1) is 0 Å². The lowest BCUT2D eigenvalue weighted by Gasteiger charge is -2.04. The standard InChI is InChI=1S/C15H20N2O/c1-3-7-13(16)15-10-14(17-18-15)12-9-6-5-8-11(12)4-2/h5-6,8-10,13H,3-4,7,16H2,1-2H3. The third kappa shape index (κ3) is 2.62. The molecule has 2 N–H and O–H groups in total. The van der Waals surface area contributed by atoms with E-state index in [4.69, 9.17) is 10.3 Å². The number of rotatable bonds is 5. The van der Waals surface area contributed by atoms with Crippen molar-refractivity contribution in [1.82, 2.24) is 5.16 Å². The zero-order chi connectivity index (χ0) is 13.0. The van der Waals surface area contributed by atoms with Gasteiger partial charge in [-0.05, 0) is 18.4 Å². The fourth-order valence-corrected chi connectivity index (χ4v) is 2.12. The lowest BCUT2D eigenvalue weighted by molar-refractivity contribution is 0.356. The molecule has 0 aliphatic heterocycles. The van der Waals surface area contributed by atoms with Crippen LogP contribution in [0.15, 0.2) is 34.9 Å². The smallest absolute Gasteiger partial charge is 0.154 e.